The highest BCUT2D eigenvalue weighted by atomic mass is 16.5. The van der Waals surface area contributed by atoms with Crippen molar-refractivity contribution in [2.75, 3.05) is 0 Å². The van der Waals surface area contributed by atoms with Gasteiger partial charge in [-0.15, -0.1) is 0 Å². The van der Waals surface area contributed by atoms with Gasteiger partial charge in [-0.3, -0.25) is 0 Å². The third kappa shape index (κ3) is 4.89. The molecule has 0 saturated heterocycles. The Balaban J connectivity index is 1.77. The number of hydrogen-bond acceptors (Lipinski definition) is 2. The first kappa shape index (κ1) is 19.4. The van der Waals surface area contributed by atoms with Gasteiger partial charge in [-0.1, -0.05) is 75.4 Å². The molecule has 0 heterocycles. The van der Waals surface area contributed by atoms with Gasteiger partial charge in [0.15, 0.2) is 0 Å². The maximum absolute atomic E-state index is 11.6. The maximum Gasteiger partial charge on any atom is 0.336 e. The van der Waals surface area contributed by atoms with Gasteiger partial charge < -0.3 is 9.84 Å². The molecule has 0 amide bonds. The van der Waals surface area contributed by atoms with Gasteiger partial charge in [-0.25, -0.2) is 4.79 Å². The molecule has 0 aliphatic rings. The van der Waals surface area contributed by atoms with E-state index in [9.17, 15) is 9.90 Å². The summed E-state index contributed by atoms with van der Waals surface area (Å²) in [5.41, 5.74) is 3.09. The zero-order chi connectivity index (χ0) is 20.1. The summed E-state index contributed by atoms with van der Waals surface area (Å²) >= 11 is 0. The van der Waals surface area contributed by atoms with Crippen LogP contribution in [0.2, 0.25) is 0 Å². The molecule has 0 saturated carbocycles. The monoisotopic (exact) mass is 372 g/mol. The van der Waals surface area contributed by atoms with Crippen molar-refractivity contribution in [2.45, 2.75) is 26.2 Å². The summed E-state index contributed by atoms with van der Waals surface area (Å²) in [5.74, 6) is 0.523. The van der Waals surface area contributed by atoms with Crippen LogP contribution in [-0.2, 0) is 10.2 Å². The predicted molar refractivity (Wildman–Crippen MR) is 114 cm³/mol. The van der Waals surface area contributed by atoms with Gasteiger partial charge in [0.2, 0.25) is 0 Å². The van der Waals surface area contributed by atoms with Crippen molar-refractivity contribution in [3.8, 4) is 11.5 Å². The van der Waals surface area contributed by atoms with E-state index in [0.717, 1.165) is 11.3 Å². The van der Waals surface area contributed by atoms with Crippen LogP contribution in [0.1, 0.15) is 37.5 Å². The number of hydrogen-bond donors (Lipinski definition) is 1. The van der Waals surface area contributed by atoms with Crippen molar-refractivity contribution in [3.63, 3.8) is 0 Å². The van der Waals surface area contributed by atoms with E-state index in [1.807, 2.05) is 54.6 Å². The standard InChI is InChI=1S/C25H24O3/c1-25(2,3)20-11-15-22(16-12-20)28-21-13-9-18(10-14-21)17-23(24(26)27)19-7-5-4-6-8-19/h4-17H,1-3H3,(H,26,27)/b23-17+. The fraction of sp³-hybridized carbons (Fsp3) is 0.160. The minimum absolute atomic E-state index is 0.104. The van der Waals surface area contributed by atoms with E-state index in [4.69, 9.17) is 4.74 Å². The number of aliphatic carboxylic acids is 1. The molecule has 3 aromatic carbocycles. The topological polar surface area (TPSA) is 46.5 Å². The predicted octanol–water partition coefficient (Wildman–Crippen LogP) is 6.40. The second kappa shape index (κ2) is 8.13. The average Bonchev–Trinajstić information content (AvgIpc) is 2.67. The van der Waals surface area contributed by atoms with Crippen molar-refractivity contribution in [3.05, 3.63) is 95.6 Å². The fourth-order valence-electron chi connectivity index (χ4n) is 2.84. The van der Waals surface area contributed by atoms with Crippen LogP contribution in [0.5, 0.6) is 11.5 Å². The lowest BCUT2D eigenvalue weighted by atomic mass is 9.87. The van der Waals surface area contributed by atoms with Crippen LogP contribution in [-0.4, -0.2) is 11.1 Å². The summed E-state index contributed by atoms with van der Waals surface area (Å²) in [4.78, 5) is 11.6. The average molecular weight is 372 g/mol. The van der Waals surface area contributed by atoms with Crippen LogP contribution < -0.4 is 4.74 Å². The molecule has 0 unspecified atom stereocenters. The number of rotatable bonds is 5. The molecule has 3 nitrogen and oxygen atoms in total. The largest absolute Gasteiger partial charge is 0.478 e. The second-order valence-corrected chi connectivity index (χ2v) is 7.67. The third-order valence-electron chi connectivity index (χ3n) is 4.46. The van der Waals surface area contributed by atoms with Crippen molar-refractivity contribution >= 4 is 17.6 Å². The molecule has 0 bridgehead atoms. The minimum atomic E-state index is -0.953. The van der Waals surface area contributed by atoms with Gasteiger partial charge >= 0.3 is 5.97 Å². The summed E-state index contributed by atoms with van der Waals surface area (Å²) in [5, 5.41) is 9.52. The van der Waals surface area contributed by atoms with Crippen molar-refractivity contribution in [1.29, 1.82) is 0 Å². The van der Waals surface area contributed by atoms with Gasteiger partial charge in [0.05, 0.1) is 5.57 Å². The third-order valence-corrected chi connectivity index (χ3v) is 4.46. The molecular weight excluding hydrogens is 348 g/mol. The van der Waals surface area contributed by atoms with Gasteiger partial charge in [0, 0.05) is 0 Å². The van der Waals surface area contributed by atoms with Crippen LogP contribution in [0.3, 0.4) is 0 Å². The first-order valence-electron chi connectivity index (χ1n) is 9.22. The Kier molecular flexibility index (Phi) is 5.65. The van der Waals surface area contributed by atoms with E-state index >= 15 is 0 Å². The molecule has 3 aromatic rings. The quantitative estimate of drug-likeness (QED) is 0.416. The van der Waals surface area contributed by atoms with Crippen LogP contribution >= 0.6 is 0 Å². The van der Waals surface area contributed by atoms with E-state index in [-0.39, 0.29) is 11.0 Å². The van der Waals surface area contributed by atoms with Crippen molar-refractivity contribution in [1.82, 2.24) is 0 Å². The summed E-state index contributed by atoms with van der Waals surface area (Å²) < 4.78 is 5.90. The molecule has 3 heteroatoms. The smallest absolute Gasteiger partial charge is 0.336 e. The normalized spacial score (nSPS) is 11.9. The molecular formula is C25H24O3. The Hall–Kier alpha value is -3.33. The number of carboxylic acid groups (broad SMARTS) is 1. The lowest BCUT2D eigenvalue weighted by molar-refractivity contribution is -0.130. The molecule has 0 aromatic heterocycles. The molecule has 3 rings (SSSR count). The first-order valence-corrected chi connectivity index (χ1v) is 9.22. The van der Waals surface area contributed by atoms with E-state index in [0.29, 0.717) is 11.3 Å². The minimum Gasteiger partial charge on any atom is -0.478 e. The first-order chi connectivity index (χ1) is 13.3. The molecule has 0 aliphatic carbocycles. The molecule has 0 atom stereocenters. The summed E-state index contributed by atoms with van der Waals surface area (Å²) in [6.07, 6.45) is 1.67. The van der Waals surface area contributed by atoms with E-state index in [1.165, 1.54) is 5.56 Å². The van der Waals surface area contributed by atoms with Crippen LogP contribution in [0.15, 0.2) is 78.9 Å². The maximum atomic E-state index is 11.6. The van der Waals surface area contributed by atoms with E-state index in [1.54, 1.807) is 18.2 Å². The molecule has 0 aliphatic heterocycles. The van der Waals surface area contributed by atoms with Crippen LogP contribution in [0.4, 0.5) is 0 Å². The summed E-state index contributed by atoms with van der Waals surface area (Å²) in [6, 6.07) is 24.6. The zero-order valence-electron chi connectivity index (χ0n) is 16.3. The van der Waals surface area contributed by atoms with Crippen molar-refractivity contribution in [2.24, 2.45) is 0 Å². The Bertz CT molecular complexity index is 961. The molecule has 0 radical (unpaired) electrons. The molecule has 0 fully saturated rings. The van der Waals surface area contributed by atoms with E-state index in [2.05, 4.69) is 32.9 Å². The fourth-order valence-corrected chi connectivity index (χ4v) is 2.84. The van der Waals surface area contributed by atoms with Gasteiger partial charge in [0.1, 0.15) is 11.5 Å². The SMILES string of the molecule is CC(C)(C)c1ccc(Oc2ccc(/C=C(/C(=O)O)c3ccccc3)cc2)cc1. The molecule has 28 heavy (non-hydrogen) atoms. The highest BCUT2D eigenvalue weighted by Crippen LogP contribution is 2.27. The lowest BCUT2D eigenvalue weighted by Crippen LogP contribution is -2.10. The van der Waals surface area contributed by atoms with Crippen LogP contribution in [0, 0.1) is 0 Å². The molecule has 1 N–H and O–H groups in total. The molecule has 142 valence electrons. The Morgan fingerprint density at radius 1 is 0.821 bits per heavy atom. The highest BCUT2D eigenvalue weighted by Gasteiger charge is 2.13. The second-order valence-electron chi connectivity index (χ2n) is 7.67. The van der Waals surface area contributed by atoms with Gasteiger partial charge in [-0.2, -0.15) is 0 Å². The lowest BCUT2D eigenvalue weighted by Gasteiger charge is -2.19. The number of carboxylic acids is 1. The summed E-state index contributed by atoms with van der Waals surface area (Å²) in [7, 11) is 0. The number of ether oxygens (including phenoxy) is 1. The summed E-state index contributed by atoms with van der Waals surface area (Å²) in [6.45, 7) is 6.53. The van der Waals surface area contributed by atoms with E-state index < -0.39 is 5.97 Å². The zero-order valence-corrected chi connectivity index (χ0v) is 16.3. The van der Waals surface area contributed by atoms with Gasteiger partial charge in [-0.05, 0) is 52.4 Å². The Morgan fingerprint density at radius 2 is 1.36 bits per heavy atom. The van der Waals surface area contributed by atoms with Gasteiger partial charge in [0.25, 0.3) is 0 Å². The highest BCUT2D eigenvalue weighted by molar-refractivity contribution is 6.20. The van der Waals surface area contributed by atoms with Crippen molar-refractivity contribution < 1.29 is 14.6 Å². The van der Waals surface area contributed by atoms with Crippen LogP contribution in [0.25, 0.3) is 11.6 Å². The molecule has 0 spiro atoms. The Morgan fingerprint density at radius 3 is 1.86 bits per heavy atom. The number of benzene rings is 3. The number of carbonyl (C=O) groups is 1. The Labute approximate surface area is 165 Å².